The van der Waals surface area contributed by atoms with Gasteiger partial charge in [-0.1, -0.05) is 0 Å². The first kappa shape index (κ1) is 14.1. The molecule has 0 fully saturated rings. The van der Waals surface area contributed by atoms with E-state index in [-0.39, 0.29) is 17.8 Å². The monoisotopic (exact) mass is 313 g/mol. The van der Waals surface area contributed by atoms with Gasteiger partial charge in [0.2, 0.25) is 0 Å². The molecule has 0 radical (unpaired) electrons. The molecule has 2 aromatic rings. The predicted octanol–water partition coefficient (Wildman–Crippen LogP) is 3.19. The molecular formula is C18H16FNO3. The Morgan fingerprint density at radius 1 is 1.22 bits per heavy atom. The van der Waals surface area contributed by atoms with Crippen molar-refractivity contribution in [3.63, 3.8) is 0 Å². The standard InChI is InChI=1S/C18H16FNO3/c1-11-10-20(15-4-3-14(19)9-17(15)23-11)18(21)13-2-5-16-12(8-13)6-7-22-16/h2-5,8-9,11H,6-7,10H2,1H3. The van der Waals surface area contributed by atoms with Gasteiger partial charge in [-0.25, -0.2) is 4.39 Å². The van der Waals surface area contributed by atoms with Crippen molar-refractivity contribution < 1.29 is 18.7 Å². The number of hydrogen-bond acceptors (Lipinski definition) is 3. The molecule has 0 N–H and O–H groups in total. The fourth-order valence-electron chi connectivity index (χ4n) is 3.08. The number of rotatable bonds is 1. The molecule has 5 heteroatoms. The molecule has 0 saturated heterocycles. The van der Waals surface area contributed by atoms with Gasteiger partial charge in [0, 0.05) is 18.1 Å². The van der Waals surface area contributed by atoms with E-state index in [1.165, 1.54) is 12.1 Å². The molecule has 1 unspecified atom stereocenters. The van der Waals surface area contributed by atoms with Gasteiger partial charge in [-0.05, 0) is 42.8 Å². The zero-order valence-electron chi connectivity index (χ0n) is 12.7. The number of anilines is 1. The highest BCUT2D eigenvalue weighted by molar-refractivity contribution is 6.07. The second-order valence-corrected chi connectivity index (χ2v) is 5.88. The highest BCUT2D eigenvalue weighted by Crippen LogP contribution is 2.35. The van der Waals surface area contributed by atoms with Gasteiger partial charge in [0.15, 0.2) is 0 Å². The maximum Gasteiger partial charge on any atom is 0.258 e. The third-order valence-electron chi connectivity index (χ3n) is 4.16. The SMILES string of the molecule is CC1CN(C(=O)c2ccc3c(c2)CCO3)c2ccc(F)cc2O1. The molecule has 2 aromatic carbocycles. The Balaban J connectivity index is 1.71. The van der Waals surface area contributed by atoms with Crippen molar-refractivity contribution in [2.75, 3.05) is 18.1 Å². The summed E-state index contributed by atoms with van der Waals surface area (Å²) in [4.78, 5) is 14.6. The number of amides is 1. The van der Waals surface area contributed by atoms with E-state index >= 15 is 0 Å². The minimum atomic E-state index is -0.375. The van der Waals surface area contributed by atoms with E-state index < -0.39 is 0 Å². The van der Waals surface area contributed by atoms with E-state index in [9.17, 15) is 9.18 Å². The largest absolute Gasteiger partial charge is 0.493 e. The predicted molar refractivity (Wildman–Crippen MR) is 83.8 cm³/mol. The van der Waals surface area contributed by atoms with Crippen LogP contribution in [0.5, 0.6) is 11.5 Å². The summed E-state index contributed by atoms with van der Waals surface area (Å²) in [6, 6.07) is 9.75. The first-order valence-electron chi connectivity index (χ1n) is 7.65. The van der Waals surface area contributed by atoms with Crippen LogP contribution in [0, 0.1) is 5.82 Å². The number of carbonyl (C=O) groups is 1. The van der Waals surface area contributed by atoms with Crippen LogP contribution in [0.15, 0.2) is 36.4 Å². The van der Waals surface area contributed by atoms with Crippen molar-refractivity contribution in [3.8, 4) is 11.5 Å². The minimum absolute atomic E-state index is 0.109. The van der Waals surface area contributed by atoms with Crippen molar-refractivity contribution in [1.82, 2.24) is 0 Å². The number of fused-ring (bicyclic) bond motifs is 2. The molecule has 2 aliphatic heterocycles. The van der Waals surface area contributed by atoms with E-state index in [1.54, 1.807) is 17.0 Å². The Hall–Kier alpha value is -2.56. The number of halogens is 1. The lowest BCUT2D eigenvalue weighted by Crippen LogP contribution is -2.42. The molecule has 1 amide bonds. The molecule has 2 aliphatic rings. The molecule has 4 rings (SSSR count). The molecule has 1 atom stereocenters. The van der Waals surface area contributed by atoms with Crippen LogP contribution in [0.3, 0.4) is 0 Å². The molecule has 4 nitrogen and oxygen atoms in total. The van der Waals surface area contributed by atoms with Gasteiger partial charge in [-0.3, -0.25) is 4.79 Å². The van der Waals surface area contributed by atoms with Crippen molar-refractivity contribution in [2.24, 2.45) is 0 Å². The Morgan fingerprint density at radius 3 is 2.96 bits per heavy atom. The van der Waals surface area contributed by atoms with Gasteiger partial charge in [-0.2, -0.15) is 0 Å². The van der Waals surface area contributed by atoms with Crippen LogP contribution in [-0.4, -0.2) is 25.2 Å². The Morgan fingerprint density at radius 2 is 2.09 bits per heavy atom. The molecule has 118 valence electrons. The Kier molecular flexibility index (Phi) is 3.22. The van der Waals surface area contributed by atoms with Crippen molar-refractivity contribution in [1.29, 1.82) is 0 Å². The van der Waals surface area contributed by atoms with Crippen molar-refractivity contribution >= 4 is 11.6 Å². The van der Waals surface area contributed by atoms with E-state index in [1.807, 2.05) is 19.1 Å². The number of benzene rings is 2. The van der Waals surface area contributed by atoms with Crippen LogP contribution in [0.1, 0.15) is 22.8 Å². The van der Waals surface area contributed by atoms with Crippen LogP contribution in [0.2, 0.25) is 0 Å². The minimum Gasteiger partial charge on any atom is -0.493 e. The first-order valence-corrected chi connectivity index (χ1v) is 7.65. The molecular weight excluding hydrogens is 297 g/mol. The summed E-state index contributed by atoms with van der Waals surface area (Å²) in [6.45, 7) is 2.96. The second kappa shape index (κ2) is 5.26. The quantitative estimate of drug-likeness (QED) is 0.811. The van der Waals surface area contributed by atoms with Gasteiger partial charge in [0.05, 0.1) is 18.8 Å². The van der Waals surface area contributed by atoms with E-state index in [4.69, 9.17) is 9.47 Å². The topological polar surface area (TPSA) is 38.8 Å². The summed E-state index contributed by atoms with van der Waals surface area (Å²) < 4.78 is 24.6. The summed E-state index contributed by atoms with van der Waals surface area (Å²) in [7, 11) is 0. The normalized spacial score (nSPS) is 18.7. The number of ether oxygens (including phenoxy) is 2. The molecule has 0 aromatic heterocycles. The van der Waals surface area contributed by atoms with E-state index in [0.29, 0.717) is 30.2 Å². The summed E-state index contributed by atoms with van der Waals surface area (Å²) >= 11 is 0. The van der Waals surface area contributed by atoms with Crippen LogP contribution < -0.4 is 14.4 Å². The lowest BCUT2D eigenvalue weighted by molar-refractivity contribution is 0.0961. The number of carbonyl (C=O) groups excluding carboxylic acids is 1. The zero-order chi connectivity index (χ0) is 16.0. The average molecular weight is 313 g/mol. The summed E-state index contributed by atoms with van der Waals surface area (Å²) in [5.41, 5.74) is 2.27. The average Bonchev–Trinajstić information content (AvgIpc) is 3.00. The number of nitrogens with zero attached hydrogens (tertiary/aromatic N) is 1. The zero-order valence-corrected chi connectivity index (χ0v) is 12.7. The molecule has 2 heterocycles. The molecule has 0 bridgehead atoms. The summed E-state index contributed by atoms with van der Waals surface area (Å²) in [6.07, 6.45) is 0.628. The first-order chi connectivity index (χ1) is 11.1. The Labute approximate surface area is 133 Å². The maximum absolute atomic E-state index is 13.4. The second-order valence-electron chi connectivity index (χ2n) is 5.88. The fourth-order valence-corrected chi connectivity index (χ4v) is 3.08. The van der Waals surface area contributed by atoms with Crippen molar-refractivity contribution in [2.45, 2.75) is 19.4 Å². The summed E-state index contributed by atoms with van der Waals surface area (Å²) in [5.74, 6) is 0.767. The van der Waals surface area contributed by atoms with Crippen molar-refractivity contribution in [3.05, 3.63) is 53.3 Å². The molecule has 0 spiro atoms. The third-order valence-corrected chi connectivity index (χ3v) is 4.16. The van der Waals surface area contributed by atoms with Crippen LogP contribution in [0.25, 0.3) is 0 Å². The lowest BCUT2D eigenvalue weighted by Gasteiger charge is -2.33. The Bertz CT molecular complexity index is 790. The maximum atomic E-state index is 13.4. The lowest BCUT2D eigenvalue weighted by atomic mass is 10.1. The van der Waals surface area contributed by atoms with Gasteiger partial charge in [-0.15, -0.1) is 0 Å². The third kappa shape index (κ3) is 2.42. The summed E-state index contributed by atoms with van der Waals surface area (Å²) in [5, 5.41) is 0. The van der Waals surface area contributed by atoms with Crippen LogP contribution >= 0.6 is 0 Å². The molecule has 0 aliphatic carbocycles. The molecule has 0 saturated carbocycles. The highest BCUT2D eigenvalue weighted by Gasteiger charge is 2.29. The smallest absolute Gasteiger partial charge is 0.258 e. The van der Waals surface area contributed by atoms with Gasteiger partial charge < -0.3 is 14.4 Å². The van der Waals surface area contributed by atoms with Gasteiger partial charge >= 0.3 is 0 Å². The number of hydrogen-bond donors (Lipinski definition) is 0. The van der Waals surface area contributed by atoms with Gasteiger partial charge in [0.25, 0.3) is 5.91 Å². The van der Waals surface area contributed by atoms with Crippen LogP contribution in [0.4, 0.5) is 10.1 Å². The van der Waals surface area contributed by atoms with Crippen LogP contribution in [-0.2, 0) is 6.42 Å². The van der Waals surface area contributed by atoms with E-state index in [2.05, 4.69) is 0 Å². The fraction of sp³-hybridized carbons (Fsp3) is 0.278. The molecule has 23 heavy (non-hydrogen) atoms. The highest BCUT2D eigenvalue weighted by atomic mass is 19.1. The van der Waals surface area contributed by atoms with E-state index in [0.717, 1.165) is 17.7 Å². The van der Waals surface area contributed by atoms with Gasteiger partial charge in [0.1, 0.15) is 23.4 Å².